The molecule has 1 saturated heterocycles. The Hall–Kier alpha value is -1.95. The third-order valence-corrected chi connectivity index (χ3v) is 3.98. The number of carbonyl (C=O) groups is 2. The first-order chi connectivity index (χ1) is 11.2. The Bertz CT molecular complexity index is 595. The monoisotopic (exact) mass is 336 g/mol. The highest BCUT2D eigenvalue weighted by atomic mass is 19.1. The second-order valence-corrected chi connectivity index (χ2v) is 7.24. The van der Waals surface area contributed by atoms with Gasteiger partial charge in [0.25, 0.3) is 0 Å². The molecule has 2 rings (SSSR count). The Balaban J connectivity index is 2.13. The summed E-state index contributed by atoms with van der Waals surface area (Å²) >= 11 is 0. The molecular formula is C18H25FN2O3. The van der Waals surface area contributed by atoms with E-state index < -0.39 is 17.6 Å². The molecule has 2 atom stereocenters. The van der Waals surface area contributed by atoms with Crippen molar-refractivity contribution in [1.82, 2.24) is 4.90 Å². The van der Waals surface area contributed by atoms with Crippen LogP contribution in [0.2, 0.25) is 0 Å². The number of carbonyl (C=O) groups excluding carboxylic acids is 2. The van der Waals surface area contributed by atoms with Gasteiger partial charge in [0.05, 0.1) is 6.04 Å². The van der Waals surface area contributed by atoms with Crippen LogP contribution in [-0.2, 0) is 14.3 Å². The van der Waals surface area contributed by atoms with Crippen molar-refractivity contribution in [3.05, 3.63) is 35.6 Å². The van der Waals surface area contributed by atoms with Crippen LogP contribution in [-0.4, -0.2) is 41.5 Å². The highest BCUT2D eigenvalue weighted by Gasteiger charge is 2.31. The first-order valence-corrected chi connectivity index (χ1v) is 8.17. The van der Waals surface area contributed by atoms with Crippen LogP contribution in [0.3, 0.4) is 0 Å². The van der Waals surface area contributed by atoms with Gasteiger partial charge in [-0.25, -0.2) is 4.39 Å². The van der Waals surface area contributed by atoms with E-state index in [1.54, 1.807) is 32.9 Å². The molecule has 24 heavy (non-hydrogen) atoms. The van der Waals surface area contributed by atoms with E-state index in [1.165, 1.54) is 17.0 Å². The average molecular weight is 336 g/mol. The predicted molar refractivity (Wildman–Crippen MR) is 88.8 cm³/mol. The normalized spacial score (nSPS) is 22.2. The van der Waals surface area contributed by atoms with Crippen LogP contribution >= 0.6 is 0 Å². The molecule has 1 aliphatic heterocycles. The van der Waals surface area contributed by atoms with E-state index in [9.17, 15) is 14.0 Å². The van der Waals surface area contributed by atoms with Crippen LogP contribution < -0.4 is 5.73 Å². The average Bonchev–Trinajstić information content (AvgIpc) is 2.60. The molecule has 0 saturated carbocycles. The van der Waals surface area contributed by atoms with E-state index in [-0.39, 0.29) is 24.2 Å². The van der Waals surface area contributed by atoms with Gasteiger partial charge in [-0.05, 0) is 51.3 Å². The molecule has 2 N–H and O–H groups in total. The molecule has 0 radical (unpaired) electrons. The number of nitrogens with two attached hydrogens (primary N) is 1. The van der Waals surface area contributed by atoms with Crippen LogP contribution in [0.4, 0.5) is 4.39 Å². The molecule has 0 bridgehead atoms. The third-order valence-electron chi connectivity index (χ3n) is 3.98. The van der Waals surface area contributed by atoms with Gasteiger partial charge in [0.2, 0.25) is 5.91 Å². The number of rotatable bonds is 3. The van der Waals surface area contributed by atoms with Crippen LogP contribution in [0.1, 0.15) is 45.1 Å². The highest BCUT2D eigenvalue weighted by Crippen LogP contribution is 2.27. The molecule has 2 unspecified atom stereocenters. The van der Waals surface area contributed by atoms with Gasteiger partial charge >= 0.3 is 5.97 Å². The largest absolute Gasteiger partial charge is 0.459 e. The summed E-state index contributed by atoms with van der Waals surface area (Å²) < 4.78 is 18.4. The van der Waals surface area contributed by atoms with Crippen LogP contribution in [0.5, 0.6) is 0 Å². The summed E-state index contributed by atoms with van der Waals surface area (Å²) in [6, 6.07) is 5.61. The fraction of sp³-hybridized carbons (Fsp3) is 0.556. The molecule has 1 fully saturated rings. The molecule has 0 aliphatic carbocycles. The van der Waals surface area contributed by atoms with Crippen molar-refractivity contribution in [2.45, 2.75) is 51.2 Å². The molecule has 1 aromatic carbocycles. The molecule has 0 spiro atoms. The fourth-order valence-electron chi connectivity index (χ4n) is 2.87. The lowest BCUT2D eigenvalue weighted by Crippen LogP contribution is -2.46. The second kappa shape index (κ2) is 7.30. The van der Waals surface area contributed by atoms with E-state index in [1.807, 2.05) is 0 Å². The van der Waals surface area contributed by atoms with Gasteiger partial charge in [-0.1, -0.05) is 12.1 Å². The maximum absolute atomic E-state index is 13.1. The number of esters is 1. The van der Waals surface area contributed by atoms with Crippen LogP contribution in [0.15, 0.2) is 24.3 Å². The lowest BCUT2D eigenvalue weighted by Gasteiger charge is -2.27. The van der Waals surface area contributed by atoms with Crippen molar-refractivity contribution >= 4 is 11.9 Å². The van der Waals surface area contributed by atoms with E-state index in [2.05, 4.69) is 0 Å². The van der Waals surface area contributed by atoms with Crippen molar-refractivity contribution in [2.24, 2.45) is 5.73 Å². The number of benzene rings is 1. The summed E-state index contributed by atoms with van der Waals surface area (Å²) in [6.45, 7) is 5.59. The van der Waals surface area contributed by atoms with Crippen molar-refractivity contribution in [1.29, 1.82) is 0 Å². The zero-order chi connectivity index (χ0) is 17.9. The van der Waals surface area contributed by atoms with Gasteiger partial charge in [-0.15, -0.1) is 0 Å². The highest BCUT2D eigenvalue weighted by molar-refractivity contribution is 5.86. The minimum absolute atomic E-state index is 0.0190. The molecule has 6 heteroatoms. The van der Waals surface area contributed by atoms with Crippen molar-refractivity contribution in [2.75, 3.05) is 13.1 Å². The van der Waals surface area contributed by atoms with E-state index in [4.69, 9.17) is 10.5 Å². The summed E-state index contributed by atoms with van der Waals surface area (Å²) in [7, 11) is 0. The maximum Gasteiger partial charge on any atom is 0.326 e. The SMILES string of the molecule is CC(C)(C)OC(=O)CN1CC(c2ccc(F)cc2)CCC(N)C1=O. The lowest BCUT2D eigenvalue weighted by atomic mass is 9.94. The van der Waals surface area contributed by atoms with Gasteiger partial charge in [-0.3, -0.25) is 9.59 Å². The summed E-state index contributed by atoms with van der Waals surface area (Å²) in [6.07, 6.45) is 1.25. The van der Waals surface area contributed by atoms with Crippen LogP contribution in [0.25, 0.3) is 0 Å². The summed E-state index contributed by atoms with van der Waals surface area (Å²) in [5, 5.41) is 0. The minimum Gasteiger partial charge on any atom is -0.459 e. The van der Waals surface area contributed by atoms with Gasteiger partial charge < -0.3 is 15.4 Å². The molecule has 0 aromatic heterocycles. The number of halogens is 1. The quantitative estimate of drug-likeness (QED) is 0.859. The first-order valence-electron chi connectivity index (χ1n) is 8.17. The molecule has 5 nitrogen and oxygen atoms in total. The van der Waals surface area contributed by atoms with Gasteiger partial charge in [0.15, 0.2) is 0 Å². The van der Waals surface area contributed by atoms with Crippen molar-refractivity contribution in [3.63, 3.8) is 0 Å². The summed E-state index contributed by atoms with van der Waals surface area (Å²) in [5.74, 6) is -0.982. The molecule has 1 aliphatic rings. The predicted octanol–water partition coefficient (Wildman–Crippen LogP) is 2.20. The number of likely N-dealkylation sites (tertiary alicyclic amines) is 1. The Labute approximate surface area is 142 Å². The minimum atomic E-state index is -0.627. The Morgan fingerprint density at radius 3 is 2.50 bits per heavy atom. The third kappa shape index (κ3) is 5.03. The zero-order valence-electron chi connectivity index (χ0n) is 14.4. The van der Waals surface area contributed by atoms with E-state index >= 15 is 0 Å². The van der Waals surface area contributed by atoms with Gasteiger partial charge in [0.1, 0.15) is 18.0 Å². The Morgan fingerprint density at radius 2 is 1.92 bits per heavy atom. The fourth-order valence-corrected chi connectivity index (χ4v) is 2.87. The second-order valence-electron chi connectivity index (χ2n) is 7.24. The molecule has 1 amide bonds. The molecule has 1 aromatic rings. The maximum atomic E-state index is 13.1. The lowest BCUT2D eigenvalue weighted by molar-refractivity contribution is -0.159. The number of amides is 1. The van der Waals surface area contributed by atoms with Gasteiger partial charge in [-0.2, -0.15) is 0 Å². The first kappa shape index (κ1) is 18.4. The zero-order valence-corrected chi connectivity index (χ0v) is 14.4. The van der Waals surface area contributed by atoms with E-state index in [0.717, 1.165) is 5.56 Å². The van der Waals surface area contributed by atoms with Crippen LogP contribution in [0, 0.1) is 5.82 Å². The molecule has 132 valence electrons. The van der Waals surface area contributed by atoms with Gasteiger partial charge in [0, 0.05) is 12.5 Å². The smallest absolute Gasteiger partial charge is 0.326 e. The Kier molecular flexibility index (Phi) is 5.59. The number of nitrogens with zero attached hydrogens (tertiary/aromatic N) is 1. The number of hydrogen-bond acceptors (Lipinski definition) is 4. The topological polar surface area (TPSA) is 72.6 Å². The summed E-state index contributed by atoms with van der Waals surface area (Å²) in [5.41, 5.74) is 6.26. The standard InChI is InChI=1S/C18H25FN2O3/c1-18(2,3)24-16(22)11-21-10-13(6-9-15(20)17(21)23)12-4-7-14(19)8-5-12/h4-5,7-8,13,15H,6,9-11,20H2,1-3H3. The molecule has 1 heterocycles. The van der Waals surface area contributed by atoms with E-state index in [0.29, 0.717) is 19.4 Å². The number of ether oxygens (including phenoxy) is 1. The Morgan fingerprint density at radius 1 is 1.29 bits per heavy atom. The molecular weight excluding hydrogens is 311 g/mol. The van der Waals surface area contributed by atoms with Crippen molar-refractivity contribution in [3.8, 4) is 0 Å². The van der Waals surface area contributed by atoms with Crippen molar-refractivity contribution < 1.29 is 18.7 Å². The number of hydrogen-bond donors (Lipinski definition) is 1. The summed E-state index contributed by atoms with van der Waals surface area (Å²) in [4.78, 5) is 25.9.